The molecule has 1 N–H and O–H groups in total. The van der Waals surface area contributed by atoms with Crippen LogP contribution in [0.4, 0.5) is 5.69 Å². The Hall–Kier alpha value is -2.56. The van der Waals surface area contributed by atoms with Crippen molar-refractivity contribution in [1.29, 1.82) is 0 Å². The van der Waals surface area contributed by atoms with Gasteiger partial charge in [0.05, 0.1) is 17.3 Å². The highest BCUT2D eigenvalue weighted by atomic mass is 16.3. The second kappa shape index (κ2) is 5.57. The fourth-order valence-electron chi connectivity index (χ4n) is 3.45. The number of carbonyl (C=O) groups excluding carboxylic acids is 1. The van der Waals surface area contributed by atoms with Crippen LogP contribution in [0.2, 0.25) is 0 Å². The van der Waals surface area contributed by atoms with E-state index in [1.54, 1.807) is 12.1 Å². The zero-order valence-corrected chi connectivity index (χ0v) is 13.1. The number of nitrogens with zero attached hydrogens (tertiary/aromatic N) is 2. The van der Waals surface area contributed by atoms with E-state index in [2.05, 4.69) is 16.9 Å². The Morgan fingerprint density at radius 1 is 1.30 bits per heavy atom. The van der Waals surface area contributed by atoms with Crippen molar-refractivity contribution in [1.82, 2.24) is 9.55 Å². The van der Waals surface area contributed by atoms with E-state index < -0.39 is 0 Å². The molecule has 1 aliphatic rings. The molecular formula is C18H19N3O2. The van der Waals surface area contributed by atoms with Crippen LogP contribution in [-0.4, -0.2) is 15.5 Å². The second-order valence-electron chi connectivity index (χ2n) is 6.15. The molecule has 4 rings (SSSR count). The summed E-state index contributed by atoms with van der Waals surface area (Å²) in [5.41, 5.74) is 2.75. The lowest BCUT2D eigenvalue weighted by Gasteiger charge is -2.08. The molecular weight excluding hydrogens is 290 g/mol. The molecule has 118 valence electrons. The number of hydrogen-bond donors (Lipinski definition) is 1. The third-order valence-corrected chi connectivity index (χ3v) is 4.64. The molecule has 1 fully saturated rings. The molecule has 0 radical (unpaired) electrons. The van der Waals surface area contributed by atoms with Gasteiger partial charge in [-0.15, -0.1) is 0 Å². The van der Waals surface area contributed by atoms with Crippen LogP contribution < -0.4 is 5.32 Å². The fourth-order valence-corrected chi connectivity index (χ4v) is 3.45. The number of fused-ring (bicyclic) bond motifs is 1. The van der Waals surface area contributed by atoms with Gasteiger partial charge in [-0.3, -0.25) is 4.79 Å². The first-order valence-electron chi connectivity index (χ1n) is 8.03. The Bertz CT molecular complexity index is 843. The van der Waals surface area contributed by atoms with E-state index in [0.717, 1.165) is 22.5 Å². The van der Waals surface area contributed by atoms with E-state index in [0.29, 0.717) is 11.7 Å². The quantitative estimate of drug-likeness (QED) is 0.793. The van der Waals surface area contributed by atoms with Crippen LogP contribution in [0.25, 0.3) is 11.0 Å². The number of rotatable bonds is 3. The van der Waals surface area contributed by atoms with Crippen LogP contribution in [-0.2, 0) is 7.05 Å². The predicted octanol–water partition coefficient (Wildman–Crippen LogP) is 4.08. The first-order valence-corrected chi connectivity index (χ1v) is 8.03. The standard InChI is InChI=1S/C18H19N3O2/c1-21-15-9-8-13(19-18(22)16-7-4-10-23-16)11-14(15)20-17(21)12-5-2-3-6-12/h4,7-12H,2-3,5-6H2,1H3,(H,19,22). The Morgan fingerprint density at radius 2 is 2.13 bits per heavy atom. The summed E-state index contributed by atoms with van der Waals surface area (Å²) in [6, 6.07) is 9.19. The number of hydrogen-bond acceptors (Lipinski definition) is 3. The normalized spacial score (nSPS) is 15.3. The average Bonchev–Trinajstić information content (AvgIpc) is 3.28. The number of aryl methyl sites for hydroxylation is 1. The van der Waals surface area contributed by atoms with Gasteiger partial charge in [-0.2, -0.15) is 0 Å². The van der Waals surface area contributed by atoms with E-state index in [9.17, 15) is 4.79 Å². The number of amides is 1. The first-order chi connectivity index (χ1) is 11.2. The largest absolute Gasteiger partial charge is 0.459 e. The van der Waals surface area contributed by atoms with Gasteiger partial charge in [-0.05, 0) is 43.2 Å². The first kappa shape index (κ1) is 14.1. The van der Waals surface area contributed by atoms with Crippen molar-refractivity contribution < 1.29 is 9.21 Å². The lowest BCUT2D eigenvalue weighted by atomic mass is 10.1. The van der Waals surface area contributed by atoms with Crippen molar-refractivity contribution in [2.45, 2.75) is 31.6 Å². The van der Waals surface area contributed by atoms with Gasteiger partial charge < -0.3 is 14.3 Å². The third kappa shape index (κ3) is 2.52. The second-order valence-corrected chi connectivity index (χ2v) is 6.15. The molecule has 2 heterocycles. The van der Waals surface area contributed by atoms with Crippen LogP contribution in [0.1, 0.15) is 48.0 Å². The maximum Gasteiger partial charge on any atom is 0.291 e. The molecule has 0 saturated heterocycles. The van der Waals surface area contributed by atoms with Gasteiger partial charge in [0.2, 0.25) is 0 Å². The van der Waals surface area contributed by atoms with Crippen LogP contribution in [0.5, 0.6) is 0 Å². The Morgan fingerprint density at radius 3 is 2.87 bits per heavy atom. The molecule has 0 aliphatic heterocycles. The van der Waals surface area contributed by atoms with E-state index >= 15 is 0 Å². The molecule has 0 atom stereocenters. The molecule has 3 aromatic rings. The number of imidazole rings is 1. The summed E-state index contributed by atoms with van der Waals surface area (Å²) in [6.45, 7) is 0. The van der Waals surface area contributed by atoms with Gasteiger partial charge in [-0.25, -0.2) is 4.98 Å². The average molecular weight is 309 g/mol. The van der Waals surface area contributed by atoms with Crippen LogP contribution >= 0.6 is 0 Å². The van der Waals surface area contributed by atoms with Gasteiger partial charge in [-0.1, -0.05) is 12.8 Å². The zero-order chi connectivity index (χ0) is 15.8. The summed E-state index contributed by atoms with van der Waals surface area (Å²) < 4.78 is 7.30. The third-order valence-electron chi connectivity index (χ3n) is 4.64. The number of nitrogens with one attached hydrogen (secondary N) is 1. The highest BCUT2D eigenvalue weighted by Gasteiger charge is 2.22. The van der Waals surface area contributed by atoms with E-state index in [4.69, 9.17) is 9.40 Å². The molecule has 1 amide bonds. The Balaban J connectivity index is 1.64. The van der Waals surface area contributed by atoms with Crippen molar-refractivity contribution in [2.24, 2.45) is 7.05 Å². The Kier molecular flexibility index (Phi) is 3.41. The fraction of sp³-hybridized carbons (Fsp3) is 0.333. The van der Waals surface area contributed by atoms with Crippen molar-refractivity contribution >= 4 is 22.6 Å². The minimum absolute atomic E-state index is 0.249. The van der Waals surface area contributed by atoms with E-state index in [1.165, 1.54) is 31.9 Å². The number of furan rings is 1. The molecule has 23 heavy (non-hydrogen) atoms. The number of aromatic nitrogens is 2. The minimum Gasteiger partial charge on any atom is -0.459 e. The molecule has 1 aromatic carbocycles. The molecule has 0 bridgehead atoms. The maximum absolute atomic E-state index is 12.1. The molecule has 0 spiro atoms. The highest BCUT2D eigenvalue weighted by Crippen LogP contribution is 2.35. The lowest BCUT2D eigenvalue weighted by Crippen LogP contribution is -2.10. The Labute approximate surface area is 134 Å². The summed E-state index contributed by atoms with van der Waals surface area (Å²) in [6.07, 6.45) is 6.51. The SMILES string of the molecule is Cn1c(C2CCCC2)nc2cc(NC(=O)c3ccco3)ccc21. The highest BCUT2D eigenvalue weighted by molar-refractivity contribution is 6.03. The smallest absolute Gasteiger partial charge is 0.291 e. The zero-order valence-electron chi connectivity index (χ0n) is 13.1. The monoisotopic (exact) mass is 309 g/mol. The molecule has 0 unspecified atom stereocenters. The molecule has 5 nitrogen and oxygen atoms in total. The minimum atomic E-state index is -0.249. The summed E-state index contributed by atoms with van der Waals surface area (Å²) in [4.78, 5) is 16.9. The van der Waals surface area contributed by atoms with Gasteiger partial charge >= 0.3 is 0 Å². The van der Waals surface area contributed by atoms with Crippen molar-refractivity contribution in [3.8, 4) is 0 Å². The number of benzene rings is 1. The van der Waals surface area contributed by atoms with Crippen molar-refractivity contribution in [2.75, 3.05) is 5.32 Å². The topological polar surface area (TPSA) is 60.1 Å². The number of anilines is 1. The van der Waals surface area contributed by atoms with Crippen molar-refractivity contribution in [3.63, 3.8) is 0 Å². The van der Waals surface area contributed by atoms with Crippen molar-refractivity contribution in [3.05, 3.63) is 48.2 Å². The number of carbonyl (C=O) groups is 1. The van der Waals surface area contributed by atoms with Gasteiger partial charge in [0.1, 0.15) is 5.82 Å². The summed E-state index contributed by atoms with van der Waals surface area (Å²) in [5.74, 6) is 1.78. The summed E-state index contributed by atoms with van der Waals surface area (Å²) in [7, 11) is 2.07. The van der Waals surface area contributed by atoms with Gasteiger partial charge in [0.15, 0.2) is 5.76 Å². The summed E-state index contributed by atoms with van der Waals surface area (Å²) >= 11 is 0. The van der Waals surface area contributed by atoms with Crippen LogP contribution in [0.15, 0.2) is 41.0 Å². The molecule has 2 aromatic heterocycles. The van der Waals surface area contributed by atoms with Crippen LogP contribution in [0.3, 0.4) is 0 Å². The molecule has 1 saturated carbocycles. The lowest BCUT2D eigenvalue weighted by molar-refractivity contribution is 0.0996. The summed E-state index contributed by atoms with van der Waals surface area (Å²) in [5, 5.41) is 2.85. The van der Waals surface area contributed by atoms with Gasteiger partial charge in [0, 0.05) is 18.7 Å². The molecule has 1 aliphatic carbocycles. The predicted molar refractivity (Wildman–Crippen MR) is 88.6 cm³/mol. The van der Waals surface area contributed by atoms with E-state index in [1.807, 2.05) is 18.2 Å². The molecule has 5 heteroatoms. The van der Waals surface area contributed by atoms with E-state index in [-0.39, 0.29) is 5.91 Å². The van der Waals surface area contributed by atoms with Crippen LogP contribution in [0, 0.1) is 0 Å². The van der Waals surface area contributed by atoms with Gasteiger partial charge in [0.25, 0.3) is 5.91 Å². The maximum atomic E-state index is 12.1.